The van der Waals surface area contributed by atoms with E-state index in [1.807, 2.05) is 57.2 Å². The molecule has 0 radical (unpaired) electrons. The zero-order valence-corrected chi connectivity index (χ0v) is 14.3. The first-order chi connectivity index (χ1) is 11.1. The molecule has 0 saturated carbocycles. The molecule has 6 nitrogen and oxygen atoms in total. The molecular formula is C16H21N6S+. The van der Waals surface area contributed by atoms with Crippen LogP contribution in [0.2, 0.25) is 0 Å². The van der Waals surface area contributed by atoms with Gasteiger partial charge in [-0.2, -0.15) is 0 Å². The van der Waals surface area contributed by atoms with Crippen molar-refractivity contribution in [1.82, 2.24) is 15.3 Å². The number of guanidine groups is 1. The predicted molar refractivity (Wildman–Crippen MR) is 97.4 cm³/mol. The zero-order chi connectivity index (χ0) is 16.7. The number of para-hydroxylation sites is 1. The molecule has 1 heterocycles. The minimum Gasteiger partial charge on any atom is -0.312 e. The van der Waals surface area contributed by atoms with Crippen LogP contribution in [0.1, 0.15) is 18.3 Å². The first-order valence-corrected chi connectivity index (χ1v) is 7.81. The van der Waals surface area contributed by atoms with Gasteiger partial charge in [0.15, 0.2) is 0 Å². The van der Waals surface area contributed by atoms with Crippen LogP contribution in [0.25, 0.3) is 0 Å². The Balaban J connectivity index is 2.23. The summed E-state index contributed by atoms with van der Waals surface area (Å²) < 4.78 is 0. The third kappa shape index (κ3) is 5.63. The minimum atomic E-state index is 0.507. The van der Waals surface area contributed by atoms with Crippen molar-refractivity contribution < 1.29 is 4.99 Å². The summed E-state index contributed by atoms with van der Waals surface area (Å²) in [6, 6.07) is 11.7. The second-order valence-electron chi connectivity index (χ2n) is 4.95. The average molecular weight is 329 g/mol. The molecule has 0 spiro atoms. The lowest BCUT2D eigenvalue weighted by atomic mass is 10.3. The number of hydrogen-bond donors (Lipinski definition) is 4. The number of benzene rings is 1. The Hall–Kier alpha value is -2.54. The normalized spacial score (nSPS) is 11.0. The molecule has 1 aromatic heterocycles. The number of rotatable bonds is 3. The fourth-order valence-electron chi connectivity index (χ4n) is 1.97. The maximum absolute atomic E-state index is 5.25. The van der Waals surface area contributed by atoms with E-state index in [2.05, 4.69) is 30.9 Å². The summed E-state index contributed by atoms with van der Waals surface area (Å²) in [5, 5.41) is 9.95. The standard InChI is InChI=1S/C16H20N6S/c1-4-17-16(23)22-15(20-13-8-6-5-7-9-13)21-14-18-11(2)10-12(3)19-14/h5-10H,4H2,1-3H3,(H3,17,18,19,20,21,22,23)/p+1. The van der Waals surface area contributed by atoms with Gasteiger partial charge in [0, 0.05) is 17.9 Å². The summed E-state index contributed by atoms with van der Waals surface area (Å²) in [6.07, 6.45) is 0. The van der Waals surface area contributed by atoms with E-state index in [0.717, 1.165) is 23.6 Å². The van der Waals surface area contributed by atoms with Crippen molar-refractivity contribution in [2.24, 2.45) is 0 Å². The van der Waals surface area contributed by atoms with Crippen LogP contribution in [-0.4, -0.2) is 27.6 Å². The Kier molecular flexibility index (Phi) is 5.99. The highest BCUT2D eigenvalue weighted by atomic mass is 32.1. The first kappa shape index (κ1) is 16.8. The molecule has 23 heavy (non-hydrogen) atoms. The van der Waals surface area contributed by atoms with Crippen LogP contribution in [0, 0.1) is 13.8 Å². The van der Waals surface area contributed by atoms with Crippen LogP contribution >= 0.6 is 12.2 Å². The third-order valence-electron chi connectivity index (χ3n) is 2.84. The van der Waals surface area contributed by atoms with Gasteiger partial charge in [-0.05, 0) is 51.2 Å². The number of nitrogens with one attached hydrogen (secondary N) is 4. The van der Waals surface area contributed by atoms with Crippen LogP contribution in [0.3, 0.4) is 0 Å². The maximum atomic E-state index is 5.25. The molecule has 4 N–H and O–H groups in total. The van der Waals surface area contributed by atoms with Gasteiger partial charge >= 0.3 is 5.96 Å². The Morgan fingerprint density at radius 1 is 1.09 bits per heavy atom. The summed E-state index contributed by atoms with van der Waals surface area (Å²) >= 11 is 5.25. The van der Waals surface area contributed by atoms with Crippen molar-refractivity contribution in [3.8, 4) is 0 Å². The van der Waals surface area contributed by atoms with Crippen molar-refractivity contribution in [1.29, 1.82) is 0 Å². The molecule has 0 atom stereocenters. The molecule has 0 amide bonds. The van der Waals surface area contributed by atoms with Crippen molar-refractivity contribution >= 4 is 34.9 Å². The lowest BCUT2D eigenvalue weighted by Crippen LogP contribution is -2.83. The Labute approximate surface area is 141 Å². The molecule has 120 valence electrons. The maximum Gasteiger partial charge on any atom is 0.320 e. The zero-order valence-electron chi connectivity index (χ0n) is 13.5. The van der Waals surface area contributed by atoms with Crippen LogP contribution in [-0.2, 0) is 0 Å². The molecule has 0 aliphatic carbocycles. The van der Waals surface area contributed by atoms with E-state index in [1.165, 1.54) is 0 Å². The minimum absolute atomic E-state index is 0.507. The van der Waals surface area contributed by atoms with Gasteiger partial charge in [-0.3, -0.25) is 5.32 Å². The van der Waals surface area contributed by atoms with Gasteiger partial charge in [0.25, 0.3) is 11.1 Å². The largest absolute Gasteiger partial charge is 0.320 e. The summed E-state index contributed by atoms with van der Waals surface area (Å²) in [5.74, 6) is 1.10. The van der Waals surface area contributed by atoms with E-state index in [-0.39, 0.29) is 0 Å². The van der Waals surface area contributed by atoms with E-state index in [9.17, 15) is 0 Å². The highest BCUT2D eigenvalue weighted by Crippen LogP contribution is 2.06. The van der Waals surface area contributed by atoms with E-state index in [1.54, 1.807) is 0 Å². The monoisotopic (exact) mass is 329 g/mol. The Morgan fingerprint density at radius 2 is 1.74 bits per heavy atom. The summed E-state index contributed by atoms with van der Waals surface area (Å²) in [4.78, 5) is 11.9. The highest BCUT2D eigenvalue weighted by Gasteiger charge is 2.11. The molecular weight excluding hydrogens is 308 g/mol. The van der Waals surface area contributed by atoms with Gasteiger partial charge in [-0.15, -0.1) is 0 Å². The third-order valence-corrected chi connectivity index (χ3v) is 3.08. The Bertz CT molecular complexity index is 679. The van der Waals surface area contributed by atoms with Crippen LogP contribution < -0.4 is 20.9 Å². The van der Waals surface area contributed by atoms with Gasteiger partial charge in [0.1, 0.15) is 0 Å². The van der Waals surface area contributed by atoms with E-state index >= 15 is 0 Å². The van der Waals surface area contributed by atoms with Crippen molar-refractivity contribution in [2.45, 2.75) is 20.8 Å². The smallest absolute Gasteiger partial charge is 0.312 e. The molecule has 0 saturated heterocycles. The molecule has 1 aromatic carbocycles. The molecule has 7 heteroatoms. The molecule has 2 rings (SSSR count). The molecule has 2 aromatic rings. The number of thiocarbonyl (C=S) groups is 1. The van der Waals surface area contributed by atoms with Crippen LogP contribution in [0.15, 0.2) is 36.4 Å². The predicted octanol–water partition coefficient (Wildman–Crippen LogP) is 0.948. The van der Waals surface area contributed by atoms with E-state index < -0.39 is 0 Å². The van der Waals surface area contributed by atoms with Crippen LogP contribution in [0.4, 0.5) is 11.6 Å². The number of aryl methyl sites for hydroxylation is 2. The molecule has 0 unspecified atom stereocenters. The van der Waals surface area contributed by atoms with Gasteiger partial charge in [0.05, 0.1) is 5.69 Å². The van der Waals surface area contributed by atoms with Gasteiger partial charge in [-0.25, -0.2) is 20.3 Å². The fourth-order valence-corrected chi connectivity index (χ4v) is 2.22. The van der Waals surface area contributed by atoms with Crippen molar-refractivity contribution in [2.75, 3.05) is 17.2 Å². The molecule has 0 fully saturated rings. The molecule has 0 aliphatic rings. The lowest BCUT2D eigenvalue weighted by molar-refractivity contribution is -0.316. The summed E-state index contributed by atoms with van der Waals surface area (Å²) in [6.45, 7) is 6.59. The van der Waals surface area contributed by atoms with Gasteiger partial charge in [0.2, 0.25) is 0 Å². The topological polar surface area (TPSA) is 75.8 Å². The lowest BCUT2D eigenvalue weighted by Gasteiger charge is -2.08. The second-order valence-corrected chi connectivity index (χ2v) is 5.36. The molecule has 0 bridgehead atoms. The van der Waals surface area contributed by atoms with Gasteiger partial charge < -0.3 is 5.32 Å². The SMILES string of the molecule is CCNC(=S)[NH+]=C(Nc1ccccc1)Nc1nc(C)cc(C)n1. The van der Waals surface area contributed by atoms with Crippen molar-refractivity contribution in [3.05, 3.63) is 47.8 Å². The highest BCUT2D eigenvalue weighted by molar-refractivity contribution is 7.79. The number of aromatic nitrogens is 2. The molecule has 0 aliphatic heterocycles. The van der Waals surface area contributed by atoms with E-state index in [0.29, 0.717) is 17.0 Å². The quantitative estimate of drug-likeness (QED) is 0.382. The number of nitrogens with zero attached hydrogens (tertiary/aromatic N) is 2. The fraction of sp³-hybridized carbons (Fsp3) is 0.250. The average Bonchev–Trinajstić information content (AvgIpc) is 2.47. The second kappa shape index (κ2) is 8.19. The van der Waals surface area contributed by atoms with Crippen molar-refractivity contribution in [3.63, 3.8) is 0 Å². The summed E-state index contributed by atoms with van der Waals surface area (Å²) in [5.41, 5.74) is 2.72. The van der Waals surface area contributed by atoms with Crippen LogP contribution in [0.5, 0.6) is 0 Å². The van der Waals surface area contributed by atoms with E-state index in [4.69, 9.17) is 12.2 Å². The number of hydrogen-bond acceptors (Lipinski definition) is 3. The first-order valence-electron chi connectivity index (χ1n) is 7.40. The van der Waals surface area contributed by atoms with Gasteiger partial charge in [-0.1, -0.05) is 18.2 Å². The Morgan fingerprint density at radius 3 is 2.35 bits per heavy atom. The summed E-state index contributed by atoms with van der Waals surface area (Å²) in [7, 11) is 0. The number of anilines is 2.